The molecule has 0 radical (unpaired) electrons. The van der Waals surface area contributed by atoms with Gasteiger partial charge in [-0.3, -0.25) is 47.6 Å². The lowest BCUT2D eigenvalue weighted by atomic mass is 9.81. The number of hydrogen-bond acceptors (Lipinski definition) is 32. The molecule has 5 amide bonds. The number of nitrogen functional groups attached to an aromatic ring is 1. The first-order valence-corrected chi connectivity index (χ1v) is 38.6. The summed E-state index contributed by atoms with van der Waals surface area (Å²) in [7, 11) is -22.5. The van der Waals surface area contributed by atoms with Gasteiger partial charge in [0.05, 0.1) is 55.0 Å². The number of ether oxygens (including phenoxy) is 1. The number of benzene rings is 2. The first kappa shape index (κ1) is 79.7. The summed E-state index contributed by atoms with van der Waals surface area (Å²) in [6.45, 7) is 10.9. The average molecular weight is 1520 g/mol. The number of phosphoric acid groups is 3. The molecule has 4 aliphatic rings. The number of nitrogens with one attached hydrogen (secondary N) is 3. The van der Waals surface area contributed by atoms with Crippen LogP contribution >= 0.6 is 47.3 Å². The molecule has 7 N–H and O–H groups in total. The van der Waals surface area contributed by atoms with Gasteiger partial charge in [-0.05, 0) is 75.6 Å². The number of aromatic nitrogens is 4. The number of nitrogens with two attached hydrogens (primary N) is 1. The fraction of sp³-hybridized carbons (Fsp3) is 0.534. The number of thioether (sulfide) groups is 1. The fourth-order valence-electron chi connectivity index (χ4n) is 11.8. The van der Waals surface area contributed by atoms with Crippen LogP contribution in [0.5, 0.6) is 0 Å². The van der Waals surface area contributed by atoms with Crippen LogP contribution in [0.3, 0.4) is 0 Å². The van der Waals surface area contributed by atoms with E-state index in [0.29, 0.717) is 37.2 Å². The number of unbranched alkanes of at least 4 members (excludes halogenated alkanes) is 2. The number of aliphatic hydroxyl groups excluding tert-OH is 2. The first-order chi connectivity index (χ1) is 46.8. The quantitative estimate of drug-likeness (QED) is 0.00505. The summed E-state index contributed by atoms with van der Waals surface area (Å²) in [5.74, 6) is -2.66. The summed E-state index contributed by atoms with van der Waals surface area (Å²) in [4.78, 5) is 128. The van der Waals surface area contributed by atoms with Gasteiger partial charge in [-0.1, -0.05) is 33.8 Å². The SMILES string of the molecule is CCN1/C(=C/C=C/C2=[N+](CCCCCC(=O)NCCN3C(=O)C[C@@H](SCCNC(=O)CCNC(=O)[C@H](O)C(C)(C)COP(=O)([O-])OP(=O)([O-])OC[C@H]4O[C@@H](n5cnc6c(N)ncnc65)[C@@H](O)C4OP(=O)([O-])[O-])C3=O)c3ccc(SOO[O-])cc3C2(C)C)C(C)(C)c2cc(S(=O)(=O)[O-])ccc21. The zero-order valence-corrected chi connectivity index (χ0v) is 60.1. The van der Waals surface area contributed by atoms with Crippen LogP contribution < -0.4 is 51.4 Å². The number of hydrogen-bond donors (Lipinski definition) is 6. The molecule has 2 aromatic carbocycles. The van der Waals surface area contributed by atoms with Crippen molar-refractivity contribution in [3.05, 3.63) is 84.1 Å². The van der Waals surface area contributed by atoms with Crippen LogP contribution in [-0.4, -0.2) is 175 Å². The van der Waals surface area contributed by atoms with Crippen LogP contribution in [0.1, 0.15) is 104 Å². The van der Waals surface area contributed by atoms with Crippen LogP contribution in [0, 0.1) is 5.41 Å². The number of imidazole rings is 1. The van der Waals surface area contributed by atoms with E-state index < -0.39 is 123 Å². The number of rotatable bonds is 36. The normalized spacial score (nSPS) is 21.8. The third-order valence-corrected chi connectivity index (χ3v) is 22.6. The summed E-state index contributed by atoms with van der Waals surface area (Å²) < 4.78 is 104. The number of imide groups is 1. The van der Waals surface area contributed by atoms with Crippen molar-refractivity contribution in [2.75, 3.05) is 68.9 Å². The van der Waals surface area contributed by atoms with E-state index in [4.69, 9.17) is 10.5 Å². The second-order valence-corrected chi connectivity index (χ2v) is 32.6. The van der Waals surface area contributed by atoms with Crippen molar-refractivity contribution >= 4 is 121 Å². The number of likely N-dealkylation sites (N-methyl/N-ethyl adjacent to an activating group) is 1. The van der Waals surface area contributed by atoms with Gasteiger partial charge in [0, 0.05) is 109 Å². The van der Waals surface area contributed by atoms with Gasteiger partial charge in [-0.2, -0.15) is 8.91 Å². The summed E-state index contributed by atoms with van der Waals surface area (Å²) in [5, 5.41) is 42.9. The van der Waals surface area contributed by atoms with Crippen molar-refractivity contribution in [3.8, 4) is 0 Å². The van der Waals surface area contributed by atoms with E-state index in [1.807, 2.05) is 57.2 Å². The van der Waals surface area contributed by atoms with Crippen molar-refractivity contribution < 1.29 is 122 Å². The molecular weight excluding hydrogens is 1440 g/mol. The van der Waals surface area contributed by atoms with E-state index in [0.717, 1.165) is 79.8 Å². The highest BCUT2D eigenvalue weighted by atomic mass is 32.2. The monoisotopic (exact) mass is 1510 g/mol. The zero-order valence-electron chi connectivity index (χ0n) is 55.0. The Balaban J connectivity index is 0.717. The van der Waals surface area contributed by atoms with Gasteiger partial charge in [0.25, 0.3) is 15.6 Å². The zero-order chi connectivity index (χ0) is 73.5. The second kappa shape index (κ2) is 32.8. The second-order valence-electron chi connectivity index (χ2n) is 25.1. The molecule has 3 unspecified atom stereocenters. The molecule has 550 valence electrons. The maximum atomic E-state index is 13.2. The number of anilines is 2. The minimum atomic E-state index is -5.99. The van der Waals surface area contributed by atoms with Crippen molar-refractivity contribution in [2.45, 2.75) is 144 Å². The Morgan fingerprint density at radius 1 is 0.920 bits per heavy atom. The number of likely N-dealkylation sites (tertiary alicyclic amines) is 1. The van der Waals surface area contributed by atoms with E-state index >= 15 is 0 Å². The summed E-state index contributed by atoms with van der Waals surface area (Å²) >= 11 is 1.92. The Labute approximate surface area is 582 Å². The van der Waals surface area contributed by atoms with Crippen molar-refractivity contribution in [1.82, 2.24) is 40.4 Å². The summed E-state index contributed by atoms with van der Waals surface area (Å²) in [6, 6.07) is 10.1. The molecule has 4 aromatic rings. The smallest absolute Gasteiger partial charge is 0.274 e. The topological polar surface area (TPSA) is 529 Å². The van der Waals surface area contributed by atoms with Gasteiger partial charge in [0.1, 0.15) is 52.9 Å². The minimum absolute atomic E-state index is 0.0192. The molecule has 2 saturated heterocycles. The molecule has 6 heterocycles. The van der Waals surface area contributed by atoms with Gasteiger partial charge in [0.2, 0.25) is 35.2 Å². The highest BCUT2D eigenvalue weighted by Gasteiger charge is 2.49. The Kier molecular flexibility index (Phi) is 26.1. The Morgan fingerprint density at radius 3 is 2.33 bits per heavy atom. The predicted octanol–water partition coefficient (Wildman–Crippen LogP) is -0.117. The lowest BCUT2D eigenvalue weighted by molar-refractivity contribution is -0.777. The van der Waals surface area contributed by atoms with Gasteiger partial charge in [-0.25, -0.2) is 27.7 Å². The number of carbonyl (C=O) groups is 5. The highest BCUT2D eigenvalue weighted by molar-refractivity contribution is 8.00. The number of carbonyl (C=O) groups excluding carboxylic acids is 5. The molecule has 0 spiro atoms. The van der Waals surface area contributed by atoms with Crippen molar-refractivity contribution in [1.29, 1.82) is 0 Å². The molecule has 2 aromatic heterocycles. The standard InChI is InChI=1S/C58H80N11O25P3S3/c1-8-66-38-19-17-35(100(85,86)87)28-37(38)58(6,7)42(66)13-12-14-43-57(4,5)36-27-34(99-93-92-77)16-18-39(36)67(43)24-11-9-10-15-44(70)60-22-25-68-46(72)29-41(54(68)76)98-26-23-61-45(71)20-21-62-53(75)50(74)56(2,3)31-89-97(83,84)94-96(81,82)88-30-40-49(91-95(78,79)80)48(73)55(90-40)69-33-65-47-51(59)63-32-64-52(47)69/h12-14,16-19,27-28,32-33,40-41,48-50,55,73-74H,8-11,15,20-26,29-31H2,1-7H3,(H10-,59,60,61,62,63,64,70,71,75,77,78,79,80,81,82,83,84,85,86,87)/p-5/t40-,41-,48+,49?,50+,55-/m1/s1. The van der Waals surface area contributed by atoms with Crippen LogP contribution in [0.4, 0.5) is 17.2 Å². The number of nitrogens with zero attached hydrogens (tertiary/aromatic N) is 7. The van der Waals surface area contributed by atoms with Gasteiger partial charge < -0.3 is 89.1 Å². The Bertz CT molecular complexity index is 4100. The lowest BCUT2D eigenvalue weighted by Crippen LogP contribution is -2.46. The number of phosphoric ester groups is 3. The number of amides is 5. The maximum absolute atomic E-state index is 13.2. The third kappa shape index (κ3) is 19.4. The molecule has 2 fully saturated rings. The molecule has 8 atom stereocenters. The van der Waals surface area contributed by atoms with Gasteiger partial charge in [-0.15, -0.1) is 11.8 Å². The van der Waals surface area contributed by atoms with Crippen molar-refractivity contribution in [3.63, 3.8) is 0 Å². The van der Waals surface area contributed by atoms with E-state index in [-0.39, 0.29) is 79.0 Å². The number of fused-ring (bicyclic) bond motifs is 3. The number of allylic oxidation sites excluding steroid dienone is 4. The molecule has 0 saturated carbocycles. The maximum Gasteiger partial charge on any atom is 0.274 e. The van der Waals surface area contributed by atoms with E-state index in [1.165, 1.54) is 26.0 Å². The molecule has 0 bridgehead atoms. The molecule has 100 heavy (non-hydrogen) atoms. The average Bonchev–Trinajstić information content (AvgIpc) is 1.60. The van der Waals surface area contributed by atoms with E-state index in [9.17, 15) is 85.7 Å². The fourth-order valence-corrected chi connectivity index (χ4v) is 16.5. The molecule has 42 heteroatoms. The first-order valence-electron chi connectivity index (χ1n) is 31.0. The molecular formula is C58H75N11O25P3S3-5. The summed E-state index contributed by atoms with van der Waals surface area (Å²) in [5.41, 5.74) is 8.09. The van der Waals surface area contributed by atoms with E-state index in [2.05, 4.69) is 81.5 Å². The van der Waals surface area contributed by atoms with E-state index in [1.54, 1.807) is 6.07 Å². The Morgan fingerprint density at radius 2 is 1.63 bits per heavy atom. The van der Waals surface area contributed by atoms with Crippen LogP contribution in [-0.2, 0) is 90.6 Å². The minimum Gasteiger partial charge on any atom is -0.790 e. The van der Waals surface area contributed by atoms with Gasteiger partial charge in [0.15, 0.2) is 23.4 Å². The molecule has 0 aliphatic carbocycles. The van der Waals surface area contributed by atoms with Gasteiger partial charge >= 0.3 is 0 Å². The van der Waals surface area contributed by atoms with Crippen molar-refractivity contribution in [2.24, 2.45) is 5.41 Å². The number of aliphatic hydroxyl groups is 2. The Hall–Kier alpha value is -5.97. The largest absolute Gasteiger partial charge is 0.790 e. The molecule has 4 aliphatic heterocycles. The van der Waals surface area contributed by atoms with Crippen LogP contribution in [0.15, 0.2) is 82.8 Å². The highest BCUT2D eigenvalue weighted by Crippen LogP contribution is 2.57. The third-order valence-electron chi connectivity index (χ3n) is 16.9. The predicted molar refractivity (Wildman–Crippen MR) is 345 cm³/mol. The summed E-state index contributed by atoms with van der Waals surface area (Å²) in [6.07, 6.45) is -0.0188. The molecule has 36 nitrogen and oxygen atoms in total. The molecule has 8 rings (SSSR count). The van der Waals surface area contributed by atoms with Crippen LogP contribution in [0.25, 0.3) is 11.2 Å². The van der Waals surface area contributed by atoms with Crippen LogP contribution in [0.2, 0.25) is 0 Å². The lowest BCUT2D eigenvalue weighted by Gasteiger charge is -2.36.